The van der Waals surface area contributed by atoms with Crippen molar-refractivity contribution in [2.75, 3.05) is 0 Å². The van der Waals surface area contributed by atoms with Gasteiger partial charge < -0.3 is 0 Å². The highest BCUT2D eigenvalue weighted by atomic mass is 19.2. The van der Waals surface area contributed by atoms with Gasteiger partial charge in [-0.15, -0.1) is 0 Å². The summed E-state index contributed by atoms with van der Waals surface area (Å²) in [6, 6.07) is 0.172. The first-order chi connectivity index (χ1) is 12.0. The Bertz CT molecular complexity index is 797. The molecule has 25 heavy (non-hydrogen) atoms. The zero-order valence-corrected chi connectivity index (χ0v) is 13.4. The van der Waals surface area contributed by atoms with Crippen LogP contribution in [0.2, 0.25) is 0 Å². The highest BCUT2D eigenvalue weighted by molar-refractivity contribution is 5.36. The fourth-order valence-electron chi connectivity index (χ4n) is 4.14. The van der Waals surface area contributed by atoms with E-state index in [2.05, 4.69) is 5.10 Å². The average molecular weight is 358 g/mol. The molecule has 1 fully saturated rings. The second-order valence-electron chi connectivity index (χ2n) is 6.81. The normalized spacial score (nSPS) is 20.9. The molecule has 1 unspecified atom stereocenters. The van der Waals surface area contributed by atoms with Gasteiger partial charge in [-0.1, -0.05) is 23.9 Å². The van der Waals surface area contributed by atoms with Gasteiger partial charge in [-0.05, 0) is 25.2 Å². The average Bonchev–Trinajstić information content (AvgIpc) is 3.20. The minimum absolute atomic E-state index is 0.172. The van der Waals surface area contributed by atoms with Crippen LogP contribution in [0.1, 0.15) is 50.4 Å². The molecule has 0 bridgehead atoms. The van der Waals surface area contributed by atoms with Crippen molar-refractivity contribution in [3.8, 4) is 5.69 Å². The summed E-state index contributed by atoms with van der Waals surface area (Å²) >= 11 is 0. The van der Waals surface area contributed by atoms with Crippen LogP contribution in [0.15, 0.2) is 6.33 Å². The summed E-state index contributed by atoms with van der Waals surface area (Å²) in [4.78, 5) is 0. The maximum absolute atomic E-state index is 14.0. The number of halogens is 5. The van der Waals surface area contributed by atoms with E-state index in [0.29, 0.717) is 18.2 Å². The molecule has 0 N–H and O–H groups in total. The largest absolute Gasteiger partial charge is 0.278 e. The lowest BCUT2D eigenvalue weighted by atomic mass is 9.83. The quantitative estimate of drug-likeness (QED) is 0.345. The Morgan fingerprint density at radius 2 is 1.44 bits per heavy atom. The van der Waals surface area contributed by atoms with Crippen molar-refractivity contribution < 1.29 is 26.5 Å². The van der Waals surface area contributed by atoms with Crippen LogP contribution >= 0.6 is 0 Å². The second kappa shape index (κ2) is 6.07. The zero-order valence-electron chi connectivity index (χ0n) is 13.4. The predicted molar refractivity (Wildman–Crippen MR) is 77.5 cm³/mol. The van der Waals surface area contributed by atoms with Gasteiger partial charge in [0, 0.05) is 11.5 Å². The maximum atomic E-state index is 14.0. The molecule has 0 saturated heterocycles. The number of hydrogen-bond acceptors (Lipinski definition) is 1. The van der Waals surface area contributed by atoms with Gasteiger partial charge in [-0.25, -0.2) is 17.7 Å². The van der Waals surface area contributed by atoms with Crippen molar-refractivity contribution in [1.29, 1.82) is 0 Å². The van der Waals surface area contributed by atoms with E-state index in [1.54, 1.807) is 0 Å². The van der Waals surface area contributed by atoms with E-state index < -0.39 is 34.8 Å². The molecule has 0 amide bonds. The summed E-state index contributed by atoms with van der Waals surface area (Å²) in [6.07, 6.45) is 8.58. The predicted octanol–water partition coefficient (Wildman–Crippen LogP) is 3.92. The Labute approximate surface area is 141 Å². The number of fused-ring (bicyclic) bond motifs is 1. The highest BCUT2D eigenvalue weighted by Gasteiger charge is 2.39. The second-order valence-corrected chi connectivity index (χ2v) is 6.81. The molecule has 2 aromatic rings. The highest BCUT2D eigenvalue weighted by Crippen LogP contribution is 2.35. The first kappa shape index (κ1) is 16.5. The van der Waals surface area contributed by atoms with E-state index in [1.165, 1.54) is 12.7 Å². The van der Waals surface area contributed by atoms with Crippen LogP contribution in [0.25, 0.3) is 5.69 Å². The van der Waals surface area contributed by atoms with Crippen molar-refractivity contribution in [2.45, 2.75) is 51.0 Å². The standard InChI is InChI=1S/C17H17F5N3/c18-12-13(19)15(21)17(16(22)14(12)20)25-8-24-10(6-7-11(24)23-25)9-4-2-1-3-5-9/h8-10H,1-7H2/q+1. The Balaban J connectivity index is 1.75. The molecule has 1 aromatic heterocycles. The Kier molecular flexibility index (Phi) is 4.00. The van der Waals surface area contributed by atoms with Crippen molar-refractivity contribution in [3.63, 3.8) is 0 Å². The molecule has 0 radical (unpaired) electrons. The molecule has 3 nitrogen and oxygen atoms in total. The topological polar surface area (TPSA) is 21.7 Å². The fourth-order valence-corrected chi connectivity index (χ4v) is 4.14. The van der Waals surface area contributed by atoms with Gasteiger partial charge in [-0.3, -0.25) is 0 Å². The smallest absolute Gasteiger partial charge is 0.231 e. The monoisotopic (exact) mass is 358 g/mol. The summed E-state index contributed by atoms with van der Waals surface area (Å²) in [7, 11) is 0. The van der Waals surface area contributed by atoms with Gasteiger partial charge >= 0.3 is 0 Å². The summed E-state index contributed by atoms with van der Waals surface area (Å²) in [5.74, 6) is -8.74. The van der Waals surface area contributed by atoms with Crippen LogP contribution in [-0.2, 0) is 6.42 Å². The first-order valence-electron chi connectivity index (χ1n) is 8.50. The van der Waals surface area contributed by atoms with E-state index in [-0.39, 0.29) is 6.04 Å². The molecule has 1 aromatic carbocycles. The van der Waals surface area contributed by atoms with Gasteiger partial charge in [0.1, 0.15) is 0 Å². The maximum Gasteiger partial charge on any atom is 0.278 e. The molecule has 1 aliphatic carbocycles. The van der Waals surface area contributed by atoms with Gasteiger partial charge in [0.2, 0.25) is 41.1 Å². The van der Waals surface area contributed by atoms with E-state index in [0.717, 1.165) is 36.8 Å². The molecule has 2 aliphatic rings. The summed E-state index contributed by atoms with van der Waals surface area (Å²) < 4.78 is 70.8. The van der Waals surface area contributed by atoms with Gasteiger partial charge in [-0.2, -0.15) is 8.78 Å². The SMILES string of the molecule is Fc1c(F)c(F)c(-n2c[n+]3c(n2)CCC3C2CCCCC2)c(F)c1F. The summed E-state index contributed by atoms with van der Waals surface area (Å²) in [6.45, 7) is 0. The molecule has 1 aliphatic heterocycles. The molecule has 134 valence electrons. The Morgan fingerprint density at radius 1 is 0.840 bits per heavy atom. The molecular weight excluding hydrogens is 341 g/mol. The minimum Gasteiger partial charge on any atom is -0.231 e. The van der Waals surface area contributed by atoms with E-state index in [9.17, 15) is 22.0 Å². The molecule has 1 atom stereocenters. The molecule has 1 saturated carbocycles. The van der Waals surface area contributed by atoms with Gasteiger partial charge in [0.25, 0.3) is 5.82 Å². The Morgan fingerprint density at radius 3 is 2.08 bits per heavy atom. The minimum atomic E-state index is -2.16. The van der Waals surface area contributed by atoms with Crippen molar-refractivity contribution in [1.82, 2.24) is 9.78 Å². The summed E-state index contributed by atoms with van der Waals surface area (Å²) in [5.41, 5.74) is -1.03. The van der Waals surface area contributed by atoms with Crippen LogP contribution in [0.5, 0.6) is 0 Å². The van der Waals surface area contributed by atoms with Crippen LogP contribution in [0.4, 0.5) is 22.0 Å². The number of hydrogen-bond donors (Lipinski definition) is 0. The number of rotatable bonds is 2. The number of benzene rings is 1. The van der Waals surface area contributed by atoms with Crippen LogP contribution in [-0.4, -0.2) is 9.78 Å². The van der Waals surface area contributed by atoms with E-state index in [1.807, 2.05) is 4.57 Å². The van der Waals surface area contributed by atoms with Crippen molar-refractivity contribution >= 4 is 0 Å². The first-order valence-corrected chi connectivity index (χ1v) is 8.50. The van der Waals surface area contributed by atoms with Crippen molar-refractivity contribution in [3.05, 3.63) is 41.2 Å². The van der Waals surface area contributed by atoms with Gasteiger partial charge in [0.15, 0.2) is 0 Å². The van der Waals surface area contributed by atoms with E-state index in [4.69, 9.17) is 0 Å². The lowest BCUT2D eigenvalue weighted by molar-refractivity contribution is -0.724. The number of nitrogens with zero attached hydrogens (tertiary/aromatic N) is 3. The molecule has 0 spiro atoms. The number of aromatic nitrogens is 3. The molecular formula is C17H17F5N3+. The number of aryl methyl sites for hydroxylation is 1. The third kappa shape index (κ3) is 2.53. The molecule has 8 heteroatoms. The zero-order chi connectivity index (χ0) is 17.7. The van der Waals surface area contributed by atoms with Crippen LogP contribution < -0.4 is 4.57 Å². The van der Waals surface area contributed by atoms with Gasteiger partial charge in [0.05, 0.1) is 6.04 Å². The lowest BCUT2D eigenvalue weighted by Gasteiger charge is -2.26. The molecule has 4 rings (SSSR count). The lowest BCUT2D eigenvalue weighted by Crippen LogP contribution is -2.41. The van der Waals surface area contributed by atoms with Crippen molar-refractivity contribution in [2.24, 2.45) is 5.92 Å². The van der Waals surface area contributed by atoms with Crippen LogP contribution in [0.3, 0.4) is 0 Å². The third-order valence-electron chi connectivity index (χ3n) is 5.39. The third-order valence-corrected chi connectivity index (χ3v) is 5.39. The summed E-state index contributed by atoms with van der Waals surface area (Å²) in [5, 5.41) is 4.08. The Hall–Kier alpha value is -1.99. The molecule has 2 heterocycles. The fraction of sp³-hybridized carbons (Fsp3) is 0.529. The van der Waals surface area contributed by atoms with Crippen LogP contribution in [0, 0.1) is 35.0 Å². The van der Waals surface area contributed by atoms with E-state index >= 15 is 0 Å².